The molecule has 0 saturated carbocycles. The average Bonchev–Trinajstić information content (AvgIpc) is 1.65. The third-order valence-electron chi connectivity index (χ3n) is 28.3. The van der Waals surface area contributed by atoms with E-state index in [0.29, 0.717) is 17.5 Å². The van der Waals surface area contributed by atoms with Crippen molar-refractivity contribution < 1.29 is 13.3 Å². The fraction of sp³-hybridized carbons (Fsp3) is 0. The van der Waals surface area contributed by atoms with E-state index in [2.05, 4.69) is 374 Å². The Labute approximate surface area is 873 Å². The number of fused-ring (bicyclic) bond motifs is 18. The average molecular weight is 1970 g/mol. The molecular weight excluding hydrogens is 1890 g/mol. The van der Waals surface area contributed by atoms with Crippen LogP contribution in [-0.4, -0.2) is 39.9 Å². The summed E-state index contributed by atoms with van der Waals surface area (Å²) in [6.07, 6.45) is 7.35. The van der Waals surface area contributed by atoms with Gasteiger partial charge >= 0.3 is 0 Å². The van der Waals surface area contributed by atoms with Crippen molar-refractivity contribution in [3.05, 3.63) is 498 Å². The van der Waals surface area contributed by atoms with Gasteiger partial charge in [0.15, 0.2) is 17.5 Å². The van der Waals surface area contributed by atoms with E-state index in [4.69, 9.17) is 43.2 Å². The molecule has 0 N–H and O–H groups in total. The van der Waals surface area contributed by atoms with Crippen molar-refractivity contribution >= 4 is 160 Å². The lowest BCUT2D eigenvalue weighted by atomic mass is 9.95. The number of para-hydroxylation sites is 3. The van der Waals surface area contributed by atoms with E-state index < -0.39 is 0 Å². The standard InChI is InChI=1S/C46H28N2OS.2C45H27N3OS/c1-3-13-29(14-4-1)32-17-7-8-18-34(32)40-28-39(30-15-5-2-6-16-30)47-46(48-40)38-26-25-33(44-37-20-9-11-21-41(37)49-45(38)44)31-23-24-36-35-19-10-12-22-42(35)50-43(36)27-31;1-2-10-28(11-3-1)45-47-38(31-13-8-12-29(24-31)32-14-9-23-46-27-32)26-39(48-45)36-22-21-33(43-37-16-4-6-17-40(37)49-44(36)43)30-19-20-35-34-15-5-7-18-41(34)50-42(35)25-30;1-2-10-28(11-3-1)38-26-39(48-45(47-38)31-13-8-12-29(24-31)32-14-9-23-46-27-32)36-22-21-33(43-37-16-4-6-17-40(37)49-44(36)43)30-19-20-35-34-15-5-7-18-41(34)50-42(35)25-30/h1-28H;2*1-27H. The van der Waals surface area contributed by atoms with Crippen LogP contribution in [0.15, 0.2) is 511 Å². The summed E-state index contributed by atoms with van der Waals surface area (Å²) in [6.45, 7) is 0. The monoisotopic (exact) mass is 1970 g/mol. The van der Waals surface area contributed by atoms with Gasteiger partial charge in [0.2, 0.25) is 0 Å². The highest BCUT2D eigenvalue weighted by atomic mass is 32.1. The van der Waals surface area contributed by atoms with Gasteiger partial charge in [-0.3, -0.25) is 9.97 Å². The number of furan rings is 3. The number of thiophene rings is 3. The first-order valence-electron chi connectivity index (χ1n) is 49.9. The lowest BCUT2D eigenvalue weighted by molar-refractivity contribution is 0.669. The zero-order chi connectivity index (χ0) is 99.1. The molecule has 0 aliphatic carbocycles. The Morgan fingerprint density at radius 3 is 0.893 bits per heavy atom. The van der Waals surface area contributed by atoms with Gasteiger partial charge in [-0.05, 0) is 171 Å². The van der Waals surface area contributed by atoms with Crippen molar-refractivity contribution in [1.29, 1.82) is 0 Å². The molecule has 11 nitrogen and oxygen atoms in total. The zero-order valence-corrected chi connectivity index (χ0v) is 82.8. The van der Waals surface area contributed by atoms with Crippen molar-refractivity contribution in [1.82, 2.24) is 39.9 Å². The Morgan fingerprint density at radius 1 is 0.153 bits per heavy atom. The molecule has 0 bridgehead atoms. The Balaban J connectivity index is 0.000000108. The van der Waals surface area contributed by atoms with Gasteiger partial charge < -0.3 is 13.3 Å². The highest BCUT2D eigenvalue weighted by Crippen LogP contribution is 2.51. The highest BCUT2D eigenvalue weighted by Gasteiger charge is 2.28. The number of nitrogens with zero attached hydrogens (tertiary/aromatic N) is 8. The minimum Gasteiger partial charge on any atom is -0.455 e. The van der Waals surface area contributed by atoms with Crippen LogP contribution in [0.4, 0.5) is 0 Å². The maximum absolute atomic E-state index is 6.74. The minimum atomic E-state index is 0.625. The molecule has 0 radical (unpaired) electrons. The normalized spacial score (nSPS) is 11.6. The van der Waals surface area contributed by atoms with Gasteiger partial charge in [0.1, 0.15) is 33.5 Å². The molecule has 702 valence electrons. The molecule has 0 saturated heterocycles. The van der Waals surface area contributed by atoms with E-state index in [9.17, 15) is 0 Å². The Morgan fingerprint density at radius 2 is 0.453 bits per heavy atom. The first-order valence-corrected chi connectivity index (χ1v) is 52.4. The fourth-order valence-electron chi connectivity index (χ4n) is 21.2. The summed E-state index contributed by atoms with van der Waals surface area (Å²) in [5, 5.41) is 14.2. The third-order valence-corrected chi connectivity index (χ3v) is 31.7. The van der Waals surface area contributed by atoms with Crippen LogP contribution in [0.3, 0.4) is 0 Å². The van der Waals surface area contributed by atoms with Gasteiger partial charge in [-0.15, -0.1) is 34.0 Å². The quantitative estimate of drug-likeness (QED) is 0.0968. The number of benzene rings is 19. The third kappa shape index (κ3) is 16.2. The van der Waals surface area contributed by atoms with E-state index >= 15 is 0 Å². The van der Waals surface area contributed by atoms with Gasteiger partial charge in [-0.1, -0.05) is 358 Å². The number of hydrogen-bond donors (Lipinski definition) is 0. The van der Waals surface area contributed by atoms with Crippen molar-refractivity contribution in [3.8, 4) is 168 Å². The molecule has 19 aromatic carbocycles. The van der Waals surface area contributed by atoms with Crippen molar-refractivity contribution in [2.24, 2.45) is 0 Å². The van der Waals surface area contributed by atoms with E-state index in [1.165, 1.54) is 60.5 Å². The summed E-state index contributed by atoms with van der Waals surface area (Å²) in [5.74, 6) is 1.93. The molecular formula is C136H82N8O3S3. The molecule has 11 aromatic heterocycles. The predicted octanol–water partition coefficient (Wildman–Crippen LogP) is 38.0. The predicted molar refractivity (Wildman–Crippen MR) is 624 cm³/mol. The molecule has 0 atom stereocenters. The van der Waals surface area contributed by atoms with Crippen LogP contribution in [0.5, 0.6) is 0 Å². The van der Waals surface area contributed by atoms with Crippen LogP contribution in [0.1, 0.15) is 0 Å². The number of rotatable bonds is 15. The Bertz CT molecular complexity index is 10100. The summed E-state index contributed by atoms with van der Waals surface area (Å²) in [6, 6.07) is 165. The molecule has 150 heavy (non-hydrogen) atoms. The SMILES string of the molecule is c1ccc(-c2cc(-c3ccc(-c4ccc5c(c4)sc4ccccc45)c4c3oc3ccccc34)nc(-c3cccc(-c4cccnc4)c3)n2)cc1.c1ccc(-c2cc(-c3ccccc3-c3ccccc3)nc(-c3ccc(-c4ccc5c(c4)sc4ccccc45)c4c3oc3ccccc34)n2)cc1.c1ccc(-c2nc(-c3cccc(-c4cccnc4)c3)cc(-c3ccc(-c4ccc5c(c4)sc4ccccc45)c4c3oc3ccccc34)n2)cc1. The van der Waals surface area contributed by atoms with E-state index in [0.717, 1.165) is 217 Å². The molecule has 11 heterocycles. The topological polar surface area (TPSA) is 143 Å². The van der Waals surface area contributed by atoms with Gasteiger partial charge in [0.25, 0.3) is 0 Å². The van der Waals surface area contributed by atoms with Crippen molar-refractivity contribution in [3.63, 3.8) is 0 Å². The largest absolute Gasteiger partial charge is 0.455 e. The van der Waals surface area contributed by atoms with Crippen LogP contribution in [0.2, 0.25) is 0 Å². The molecule has 0 amide bonds. The molecule has 0 fully saturated rings. The van der Waals surface area contributed by atoms with Crippen LogP contribution in [0.25, 0.3) is 295 Å². The lowest BCUT2D eigenvalue weighted by Gasteiger charge is -2.14. The highest BCUT2D eigenvalue weighted by molar-refractivity contribution is 7.26. The van der Waals surface area contributed by atoms with E-state index in [1.807, 2.05) is 156 Å². The second-order valence-electron chi connectivity index (χ2n) is 37.4. The first kappa shape index (κ1) is 88.5. The molecule has 0 aliphatic rings. The molecule has 0 aliphatic heterocycles. The van der Waals surface area contributed by atoms with Crippen LogP contribution < -0.4 is 0 Å². The van der Waals surface area contributed by atoms with Crippen LogP contribution in [0, 0.1) is 0 Å². The van der Waals surface area contributed by atoms with Crippen molar-refractivity contribution in [2.75, 3.05) is 0 Å². The zero-order valence-electron chi connectivity index (χ0n) is 80.4. The van der Waals surface area contributed by atoms with Gasteiger partial charge in [-0.25, -0.2) is 29.9 Å². The molecule has 30 rings (SSSR count). The van der Waals surface area contributed by atoms with Crippen molar-refractivity contribution in [2.45, 2.75) is 0 Å². The van der Waals surface area contributed by atoms with Gasteiger partial charge in [0.05, 0.1) is 39.7 Å². The molecule has 0 spiro atoms. The second-order valence-corrected chi connectivity index (χ2v) is 40.6. The first-order chi connectivity index (χ1) is 74.3. The van der Waals surface area contributed by atoms with Gasteiger partial charge in [0, 0.05) is 173 Å². The fourth-order valence-corrected chi connectivity index (χ4v) is 24.6. The summed E-state index contributed by atoms with van der Waals surface area (Å²) in [7, 11) is 0. The summed E-state index contributed by atoms with van der Waals surface area (Å²) < 4.78 is 27.9. The van der Waals surface area contributed by atoms with E-state index in [1.54, 1.807) is 12.4 Å². The van der Waals surface area contributed by atoms with E-state index in [-0.39, 0.29) is 0 Å². The summed E-state index contributed by atoms with van der Waals surface area (Å²) in [5.41, 5.74) is 32.0. The van der Waals surface area contributed by atoms with Crippen LogP contribution >= 0.6 is 34.0 Å². The second kappa shape index (κ2) is 37.7. The number of pyridine rings is 2. The molecule has 14 heteroatoms. The minimum absolute atomic E-state index is 0.625. The smallest absolute Gasteiger partial charge is 0.164 e. The Hall–Kier alpha value is -19.2. The summed E-state index contributed by atoms with van der Waals surface area (Å²) in [4.78, 5) is 39.8. The van der Waals surface area contributed by atoms with Gasteiger partial charge in [-0.2, -0.15) is 0 Å². The number of hydrogen-bond acceptors (Lipinski definition) is 14. The summed E-state index contributed by atoms with van der Waals surface area (Å²) >= 11 is 5.51. The Kier molecular flexibility index (Phi) is 22.3. The molecule has 0 unspecified atom stereocenters. The molecule has 30 aromatic rings. The maximum Gasteiger partial charge on any atom is 0.164 e. The lowest BCUT2D eigenvalue weighted by Crippen LogP contribution is -1.97. The number of aromatic nitrogens is 8. The van der Waals surface area contributed by atoms with Crippen LogP contribution in [-0.2, 0) is 0 Å². The maximum atomic E-state index is 6.74.